The molecule has 2 heterocycles. The molecule has 5 aliphatic rings. The molecule has 2 spiro atoms. The van der Waals surface area contributed by atoms with Crippen LogP contribution >= 0.6 is 0 Å². The zero-order chi connectivity index (χ0) is 31.6. The van der Waals surface area contributed by atoms with Crippen molar-refractivity contribution in [3.63, 3.8) is 0 Å². The molecule has 8 aromatic rings. The van der Waals surface area contributed by atoms with Crippen molar-refractivity contribution in [1.29, 1.82) is 0 Å². The number of nitrogens with zero attached hydrogens (tertiary/aromatic N) is 3. The Labute approximate surface area is 284 Å². The Morgan fingerprint density at radius 2 is 1.31 bits per heavy atom. The van der Waals surface area contributed by atoms with E-state index in [-0.39, 0.29) is 5.41 Å². The molecule has 0 radical (unpaired) electrons. The molecule has 0 N–H and O–H groups in total. The topological polar surface area (TPSA) is 22.8 Å². The van der Waals surface area contributed by atoms with Gasteiger partial charge in [0, 0.05) is 27.3 Å². The van der Waals surface area contributed by atoms with Crippen LogP contribution in [0.3, 0.4) is 0 Å². The average molecular weight is 630 g/mol. The summed E-state index contributed by atoms with van der Waals surface area (Å²) < 4.78 is 4.91. The molecule has 4 fully saturated rings. The summed E-state index contributed by atoms with van der Waals surface area (Å²) >= 11 is 0. The molecule has 4 atom stereocenters. The monoisotopic (exact) mass is 629 g/mol. The van der Waals surface area contributed by atoms with Crippen LogP contribution in [0.1, 0.15) is 43.2 Å². The predicted octanol–water partition coefficient (Wildman–Crippen LogP) is 11.0. The minimum atomic E-state index is 0.132. The fraction of sp³-hybridized carbons (Fsp3) is 0.239. The second-order valence-electron chi connectivity index (χ2n) is 16.1. The summed E-state index contributed by atoms with van der Waals surface area (Å²) in [5.41, 5.74) is 12.7. The molecule has 5 aliphatic carbocycles. The molecule has 0 amide bonds. The van der Waals surface area contributed by atoms with Gasteiger partial charge in [0.1, 0.15) is 0 Å². The lowest BCUT2D eigenvalue weighted by molar-refractivity contribution is -0.0819. The highest BCUT2D eigenvalue weighted by Gasteiger charge is 2.79. The first-order valence-electron chi connectivity index (χ1n) is 18.4. The first kappa shape index (κ1) is 25.8. The third-order valence-electron chi connectivity index (χ3n) is 14.3. The molecule has 0 saturated heterocycles. The van der Waals surface area contributed by atoms with Gasteiger partial charge >= 0.3 is 0 Å². The molecular weight excluding hydrogens is 595 g/mol. The third kappa shape index (κ3) is 2.83. The number of para-hydroxylation sites is 3. The fourth-order valence-corrected chi connectivity index (χ4v) is 13.1. The smallest absolute Gasteiger partial charge is 0.220 e. The average Bonchev–Trinajstić information content (AvgIpc) is 3.89. The Bertz CT molecular complexity index is 2720. The van der Waals surface area contributed by atoms with E-state index in [4.69, 9.17) is 4.98 Å². The zero-order valence-corrected chi connectivity index (χ0v) is 27.3. The van der Waals surface area contributed by atoms with Crippen molar-refractivity contribution in [2.75, 3.05) is 0 Å². The summed E-state index contributed by atoms with van der Waals surface area (Å²) in [6.45, 7) is 0. The van der Waals surface area contributed by atoms with E-state index >= 15 is 0 Å². The highest BCUT2D eigenvalue weighted by atomic mass is 15.2. The maximum atomic E-state index is 5.49. The van der Waals surface area contributed by atoms with Crippen LogP contribution in [-0.2, 0) is 5.41 Å². The van der Waals surface area contributed by atoms with Gasteiger partial charge in [0.05, 0.1) is 22.1 Å². The van der Waals surface area contributed by atoms with Crippen molar-refractivity contribution >= 4 is 43.6 Å². The maximum absolute atomic E-state index is 5.49. The van der Waals surface area contributed by atoms with Crippen molar-refractivity contribution in [1.82, 2.24) is 14.1 Å². The molecule has 234 valence electrons. The van der Waals surface area contributed by atoms with Crippen LogP contribution in [0.5, 0.6) is 0 Å². The van der Waals surface area contributed by atoms with Gasteiger partial charge in [-0.05, 0) is 125 Å². The van der Waals surface area contributed by atoms with E-state index in [1.807, 2.05) is 0 Å². The van der Waals surface area contributed by atoms with Crippen molar-refractivity contribution in [3.05, 3.63) is 139 Å². The lowest BCUT2D eigenvalue weighted by Crippen LogP contribution is -2.62. The number of rotatable bonds is 2. The number of aromatic nitrogens is 3. The molecule has 3 heteroatoms. The second-order valence-corrected chi connectivity index (χ2v) is 16.1. The molecule has 3 bridgehead atoms. The zero-order valence-electron chi connectivity index (χ0n) is 27.3. The van der Waals surface area contributed by atoms with Gasteiger partial charge in [-0.25, -0.2) is 4.98 Å². The van der Waals surface area contributed by atoms with E-state index < -0.39 is 0 Å². The number of imidazole rings is 1. The lowest BCUT2D eigenvalue weighted by atomic mass is 9.38. The third-order valence-corrected chi connectivity index (χ3v) is 14.3. The molecule has 4 saturated carbocycles. The minimum absolute atomic E-state index is 0.132. The van der Waals surface area contributed by atoms with Gasteiger partial charge in [-0.3, -0.25) is 9.13 Å². The summed E-state index contributed by atoms with van der Waals surface area (Å²) in [6, 6.07) is 47.8. The summed E-state index contributed by atoms with van der Waals surface area (Å²) in [5, 5.41) is 5.15. The van der Waals surface area contributed by atoms with Gasteiger partial charge in [0.2, 0.25) is 5.95 Å². The van der Waals surface area contributed by atoms with E-state index in [0.717, 1.165) is 46.3 Å². The maximum Gasteiger partial charge on any atom is 0.220 e. The molecular formula is C46H35N3. The predicted molar refractivity (Wildman–Crippen MR) is 199 cm³/mol. The summed E-state index contributed by atoms with van der Waals surface area (Å²) in [6.07, 6.45) is 7.27. The Balaban J connectivity index is 1.20. The van der Waals surface area contributed by atoms with Gasteiger partial charge in [0.15, 0.2) is 0 Å². The van der Waals surface area contributed by atoms with Crippen molar-refractivity contribution < 1.29 is 0 Å². The highest BCUT2D eigenvalue weighted by molar-refractivity contribution is 6.19. The highest BCUT2D eigenvalue weighted by Crippen LogP contribution is 2.85. The Morgan fingerprint density at radius 1 is 0.551 bits per heavy atom. The number of hydrogen-bond acceptors (Lipinski definition) is 1. The van der Waals surface area contributed by atoms with Crippen LogP contribution in [0.2, 0.25) is 0 Å². The van der Waals surface area contributed by atoms with E-state index in [9.17, 15) is 0 Å². The fourth-order valence-electron chi connectivity index (χ4n) is 13.1. The minimum Gasteiger partial charge on any atom is -0.278 e. The standard InChI is InChI=1S/C46H35N3/c1-2-11-30(12-3-1)48-39-17-9-8-16-38(39)47-44(48)49-40-24-37-34(23-35(40)33-19-18-29-10-4-5-13-31(29)43(33)49)32-14-6-7-15-36(32)46(37)41-21-27-20-28-22-42(46)45(41,25-27)26-28/h1-19,23-24,27-28,41-42H,20-22,25-26H2. The lowest BCUT2D eigenvalue weighted by Gasteiger charge is -2.64. The molecule has 2 aromatic heterocycles. The van der Waals surface area contributed by atoms with Crippen molar-refractivity contribution in [2.45, 2.75) is 37.5 Å². The van der Waals surface area contributed by atoms with E-state index in [1.165, 1.54) is 75.8 Å². The van der Waals surface area contributed by atoms with E-state index in [1.54, 1.807) is 11.1 Å². The molecule has 13 rings (SSSR count). The number of fused-ring (bicyclic) bond motifs is 15. The summed E-state index contributed by atoms with van der Waals surface area (Å²) in [7, 11) is 0. The normalized spacial score (nSPS) is 28.6. The van der Waals surface area contributed by atoms with Gasteiger partial charge in [0.25, 0.3) is 0 Å². The van der Waals surface area contributed by atoms with Crippen LogP contribution < -0.4 is 0 Å². The largest absolute Gasteiger partial charge is 0.278 e. The molecule has 6 aromatic carbocycles. The second kappa shape index (κ2) is 8.52. The molecule has 0 aliphatic heterocycles. The Kier molecular flexibility index (Phi) is 4.49. The van der Waals surface area contributed by atoms with Crippen LogP contribution in [-0.4, -0.2) is 14.1 Å². The first-order valence-corrected chi connectivity index (χ1v) is 18.4. The Hall–Kier alpha value is -5.15. The van der Waals surface area contributed by atoms with Gasteiger partial charge in [-0.15, -0.1) is 0 Å². The van der Waals surface area contributed by atoms with E-state index in [0.29, 0.717) is 5.41 Å². The van der Waals surface area contributed by atoms with E-state index in [2.05, 4.69) is 137 Å². The summed E-state index contributed by atoms with van der Waals surface area (Å²) in [5.74, 6) is 4.33. The van der Waals surface area contributed by atoms with Gasteiger partial charge in [-0.1, -0.05) is 91.0 Å². The number of benzene rings is 6. The quantitative estimate of drug-likeness (QED) is 0.187. The van der Waals surface area contributed by atoms with Crippen LogP contribution in [0.25, 0.3) is 66.4 Å². The summed E-state index contributed by atoms with van der Waals surface area (Å²) in [4.78, 5) is 5.49. The number of hydrogen-bond donors (Lipinski definition) is 0. The van der Waals surface area contributed by atoms with Gasteiger partial charge in [-0.2, -0.15) is 0 Å². The Morgan fingerprint density at radius 3 is 2.18 bits per heavy atom. The van der Waals surface area contributed by atoms with Crippen LogP contribution in [0, 0.1) is 29.1 Å². The van der Waals surface area contributed by atoms with Crippen LogP contribution in [0.4, 0.5) is 0 Å². The first-order chi connectivity index (χ1) is 24.2. The van der Waals surface area contributed by atoms with Crippen LogP contribution in [0.15, 0.2) is 127 Å². The molecule has 3 nitrogen and oxygen atoms in total. The molecule has 4 unspecified atom stereocenters. The SMILES string of the molecule is c1ccc(-n2c(-n3c4cc5c(cc4c4ccc6ccccc6c43)-c3ccccc3C53C4CC5CC6CC3C4(C5)C6)nc3ccccc32)cc1. The van der Waals surface area contributed by atoms with Crippen molar-refractivity contribution in [3.8, 4) is 22.8 Å². The van der Waals surface area contributed by atoms with Gasteiger partial charge < -0.3 is 0 Å². The van der Waals surface area contributed by atoms with Crippen molar-refractivity contribution in [2.24, 2.45) is 29.1 Å². The molecule has 49 heavy (non-hydrogen) atoms.